The summed E-state index contributed by atoms with van der Waals surface area (Å²) in [6.45, 7) is 5.16. The molecule has 1 rings (SSSR count). The number of carboxylic acids is 1. The van der Waals surface area contributed by atoms with Crippen molar-refractivity contribution in [2.75, 3.05) is 13.2 Å². The Labute approximate surface area is 117 Å². The number of carbonyl (C=O) groups excluding carboxylic acids is 1. The van der Waals surface area contributed by atoms with Crippen molar-refractivity contribution in [3.63, 3.8) is 0 Å². The summed E-state index contributed by atoms with van der Waals surface area (Å²) >= 11 is 0. The zero-order valence-electron chi connectivity index (χ0n) is 11.7. The minimum Gasteiger partial charge on any atom is -0.482 e. The molecule has 1 aromatic rings. The predicted molar refractivity (Wildman–Crippen MR) is 70.7 cm³/mol. The van der Waals surface area contributed by atoms with Gasteiger partial charge < -0.3 is 19.7 Å². The zero-order valence-corrected chi connectivity index (χ0v) is 11.7. The molecule has 0 fully saturated rings. The Morgan fingerprint density at radius 3 is 2.50 bits per heavy atom. The number of ether oxygens (including phenoxy) is 2. The molecule has 0 aliphatic heterocycles. The first kappa shape index (κ1) is 17.8. The number of nitrogens with zero attached hydrogens (tertiary/aromatic N) is 1. The fraction of sp³-hybridized carbons (Fsp3) is 0.462. The molecule has 0 radical (unpaired) electrons. The number of aromatic carboxylic acids is 1. The molecule has 0 aromatic carbocycles. The summed E-state index contributed by atoms with van der Waals surface area (Å²) < 4.78 is 9.68. The zero-order chi connectivity index (χ0) is 15.5. The first-order valence-corrected chi connectivity index (χ1v) is 6.02. The molecule has 0 atom stereocenters. The van der Waals surface area contributed by atoms with Crippen LogP contribution in [0.1, 0.15) is 31.3 Å². The highest BCUT2D eigenvalue weighted by Gasteiger charge is 2.07. The Balaban J connectivity index is 0.000000796. The molecule has 0 aliphatic carbocycles. The van der Waals surface area contributed by atoms with E-state index in [1.807, 2.05) is 0 Å². The lowest BCUT2D eigenvalue weighted by Gasteiger charge is -2.05. The van der Waals surface area contributed by atoms with Gasteiger partial charge in [-0.3, -0.25) is 0 Å². The number of esters is 1. The monoisotopic (exact) mass is 285 g/mol. The molecule has 0 saturated carbocycles. The van der Waals surface area contributed by atoms with Crippen molar-refractivity contribution in [2.45, 2.75) is 26.9 Å². The van der Waals surface area contributed by atoms with Crippen LogP contribution in [0.2, 0.25) is 0 Å². The summed E-state index contributed by atoms with van der Waals surface area (Å²) in [5.41, 5.74) is -0.138. The summed E-state index contributed by atoms with van der Waals surface area (Å²) in [5, 5.41) is 16.7. The topological polar surface area (TPSA) is 106 Å². The average Bonchev–Trinajstić information content (AvgIpc) is 2.36. The van der Waals surface area contributed by atoms with Crippen molar-refractivity contribution in [1.29, 1.82) is 0 Å². The number of hydrogen-bond acceptors (Lipinski definition) is 6. The number of aliphatic hydroxyl groups is 1. The third kappa shape index (κ3) is 8.87. The molecular formula is C13H19NO6. The van der Waals surface area contributed by atoms with Crippen molar-refractivity contribution in [2.24, 2.45) is 0 Å². The molecule has 20 heavy (non-hydrogen) atoms. The molecule has 7 nitrogen and oxygen atoms in total. The van der Waals surface area contributed by atoms with E-state index in [1.54, 1.807) is 20.8 Å². The van der Waals surface area contributed by atoms with Crippen LogP contribution in [0.5, 0.6) is 5.75 Å². The molecular weight excluding hydrogens is 266 g/mol. The Hall–Kier alpha value is -2.15. The molecule has 1 aromatic heterocycles. The highest BCUT2D eigenvalue weighted by atomic mass is 16.6. The third-order valence-electron chi connectivity index (χ3n) is 1.61. The molecule has 7 heteroatoms. The quantitative estimate of drug-likeness (QED) is 0.780. The van der Waals surface area contributed by atoms with Gasteiger partial charge in [-0.2, -0.15) is 0 Å². The van der Waals surface area contributed by atoms with Gasteiger partial charge in [0, 0.05) is 18.4 Å². The summed E-state index contributed by atoms with van der Waals surface area (Å²) in [4.78, 5) is 25.1. The van der Waals surface area contributed by atoms with Gasteiger partial charge in [0.1, 0.15) is 5.75 Å². The van der Waals surface area contributed by atoms with Crippen molar-refractivity contribution >= 4 is 11.9 Å². The molecule has 0 saturated heterocycles. The van der Waals surface area contributed by atoms with Gasteiger partial charge in [-0.1, -0.05) is 0 Å². The van der Waals surface area contributed by atoms with E-state index in [2.05, 4.69) is 9.72 Å². The molecule has 0 bridgehead atoms. The van der Waals surface area contributed by atoms with E-state index >= 15 is 0 Å². The van der Waals surface area contributed by atoms with Crippen LogP contribution in [0.15, 0.2) is 18.3 Å². The van der Waals surface area contributed by atoms with Crippen molar-refractivity contribution in [3.05, 3.63) is 24.0 Å². The molecule has 0 aliphatic rings. The second kappa shape index (κ2) is 9.74. The van der Waals surface area contributed by atoms with E-state index in [0.29, 0.717) is 0 Å². The van der Waals surface area contributed by atoms with Crippen LogP contribution in [-0.4, -0.2) is 46.5 Å². The predicted octanol–water partition coefficient (Wildman–Crippen LogP) is 1.11. The van der Waals surface area contributed by atoms with Crippen LogP contribution < -0.4 is 4.74 Å². The van der Waals surface area contributed by atoms with Gasteiger partial charge in [0.2, 0.25) is 0 Å². The van der Waals surface area contributed by atoms with Crippen molar-refractivity contribution in [3.8, 4) is 5.75 Å². The van der Waals surface area contributed by atoms with E-state index in [9.17, 15) is 9.59 Å². The molecule has 0 unspecified atom stereocenters. The summed E-state index contributed by atoms with van der Waals surface area (Å²) in [6.07, 6.45) is 1.13. The minimum atomic E-state index is -1.15. The molecule has 0 amide bonds. The normalized spacial score (nSPS) is 9.45. The first-order chi connectivity index (χ1) is 9.36. The Kier molecular flexibility index (Phi) is 8.69. The molecule has 1 heterocycles. The van der Waals surface area contributed by atoms with Crippen LogP contribution in [0.25, 0.3) is 0 Å². The van der Waals surface area contributed by atoms with Crippen molar-refractivity contribution < 1.29 is 29.3 Å². The Morgan fingerprint density at radius 1 is 1.40 bits per heavy atom. The maximum Gasteiger partial charge on any atom is 0.354 e. The number of hydrogen-bond donors (Lipinski definition) is 2. The van der Waals surface area contributed by atoms with Gasteiger partial charge >= 0.3 is 11.9 Å². The van der Waals surface area contributed by atoms with Gasteiger partial charge in [0.25, 0.3) is 0 Å². The lowest BCUT2D eigenvalue weighted by molar-refractivity contribution is -0.145. The number of carboxylic acid groups (broad SMARTS) is 1. The number of aliphatic hydroxyl groups excluding tert-OH is 1. The standard InChI is InChI=1S/C10H11NO5.C3H8O/c1-2-15-9(12)6-16-7-3-4-11-8(5-7)10(13)14;1-3(2)4/h3-5H,2,6H2,1H3,(H,13,14);3-4H,1-2H3. The average molecular weight is 285 g/mol. The fourth-order valence-electron chi connectivity index (χ4n) is 0.963. The maximum absolute atomic E-state index is 11.0. The Bertz CT molecular complexity index is 430. The van der Waals surface area contributed by atoms with Gasteiger partial charge in [0.05, 0.1) is 6.61 Å². The van der Waals surface area contributed by atoms with Crippen LogP contribution >= 0.6 is 0 Å². The maximum atomic E-state index is 11.0. The van der Waals surface area contributed by atoms with Gasteiger partial charge in [-0.15, -0.1) is 0 Å². The van der Waals surface area contributed by atoms with Gasteiger partial charge in [-0.05, 0) is 26.8 Å². The van der Waals surface area contributed by atoms with E-state index in [1.165, 1.54) is 18.3 Å². The molecule has 112 valence electrons. The third-order valence-corrected chi connectivity index (χ3v) is 1.61. The summed E-state index contributed by atoms with van der Waals surface area (Å²) in [6, 6.07) is 2.70. The molecule has 2 N–H and O–H groups in total. The SMILES string of the molecule is CC(C)O.CCOC(=O)COc1ccnc(C(=O)O)c1. The van der Waals surface area contributed by atoms with E-state index in [4.69, 9.17) is 14.9 Å². The van der Waals surface area contributed by atoms with E-state index in [-0.39, 0.29) is 30.8 Å². The first-order valence-electron chi connectivity index (χ1n) is 6.02. The van der Waals surface area contributed by atoms with Crippen LogP contribution in [0, 0.1) is 0 Å². The van der Waals surface area contributed by atoms with Crippen LogP contribution in [-0.2, 0) is 9.53 Å². The Morgan fingerprint density at radius 2 is 2.00 bits per heavy atom. The number of pyridine rings is 1. The van der Waals surface area contributed by atoms with E-state index < -0.39 is 11.9 Å². The summed E-state index contributed by atoms with van der Waals surface area (Å²) in [7, 11) is 0. The van der Waals surface area contributed by atoms with E-state index in [0.717, 1.165) is 0 Å². The summed E-state index contributed by atoms with van der Waals surface area (Å²) in [5.74, 6) is -1.39. The largest absolute Gasteiger partial charge is 0.482 e. The van der Waals surface area contributed by atoms with Gasteiger partial charge in [0.15, 0.2) is 12.3 Å². The van der Waals surface area contributed by atoms with Crippen LogP contribution in [0.3, 0.4) is 0 Å². The minimum absolute atomic E-state index is 0.138. The highest BCUT2D eigenvalue weighted by Crippen LogP contribution is 2.10. The second-order valence-corrected chi connectivity index (χ2v) is 3.87. The van der Waals surface area contributed by atoms with Crippen LogP contribution in [0.4, 0.5) is 0 Å². The number of carbonyl (C=O) groups is 2. The van der Waals surface area contributed by atoms with Crippen molar-refractivity contribution in [1.82, 2.24) is 4.98 Å². The smallest absolute Gasteiger partial charge is 0.354 e. The fourth-order valence-corrected chi connectivity index (χ4v) is 0.963. The number of rotatable bonds is 5. The highest BCUT2D eigenvalue weighted by molar-refractivity contribution is 5.85. The number of aromatic nitrogens is 1. The van der Waals surface area contributed by atoms with Gasteiger partial charge in [-0.25, -0.2) is 14.6 Å². The molecule has 0 spiro atoms. The lowest BCUT2D eigenvalue weighted by Crippen LogP contribution is -2.14. The lowest BCUT2D eigenvalue weighted by atomic mass is 10.3. The second-order valence-electron chi connectivity index (χ2n) is 3.87.